The molecule has 176 valence electrons. The number of benzene rings is 1. The Bertz CT molecular complexity index is 1240. The largest absolute Gasteiger partial charge is 0.406 e. The quantitative estimate of drug-likeness (QED) is 0.544. The Hall–Kier alpha value is -3.69. The second-order valence-corrected chi connectivity index (χ2v) is 8.39. The van der Waals surface area contributed by atoms with Crippen LogP contribution in [-0.2, 0) is 6.54 Å². The number of nitriles is 1. The van der Waals surface area contributed by atoms with E-state index in [1.165, 1.54) is 10.8 Å². The minimum Gasteiger partial charge on any atom is -0.382 e. The summed E-state index contributed by atoms with van der Waals surface area (Å²) in [4.78, 5) is 6.24. The number of nitrogens with zero attached hydrogens (tertiary/aromatic N) is 4. The van der Waals surface area contributed by atoms with Gasteiger partial charge in [0.1, 0.15) is 18.3 Å². The van der Waals surface area contributed by atoms with Gasteiger partial charge < -0.3 is 20.1 Å². The monoisotopic (exact) mass is 466 g/mol. The Morgan fingerprint density at radius 3 is 2.65 bits per heavy atom. The summed E-state index contributed by atoms with van der Waals surface area (Å²) in [7, 11) is 2.09. The fourth-order valence-electron chi connectivity index (χ4n) is 4.08. The first-order chi connectivity index (χ1) is 16.3. The lowest BCUT2D eigenvalue weighted by atomic mass is 10.0. The number of piperidine rings is 1. The third-order valence-corrected chi connectivity index (χ3v) is 5.84. The van der Waals surface area contributed by atoms with Crippen molar-refractivity contribution in [3.05, 3.63) is 54.0 Å². The Kier molecular flexibility index (Phi) is 6.95. The zero-order chi connectivity index (χ0) is 24.1. The maximum atomic E-state index is 13.4. The first-order valence-corrected chi connectivity index (χ1v) is 11.1. The summed E-state index contributed by atoms with van der Waals surface area (Å²) in [6.07, 6.45) is -0.884. The molecule has 3 heterocycles. The van der Waals surface area contributed by atoms with Gasteiger partial charge >= 0.3 is 6.18 Å². The van der Waals surface area contributed by atoms with Crippen LogP contribution in [0.15, 0.2) is 42.6 Å². The number of likely N-dealkylation sites (tertiary alicyclic amines) is 1. The molecule has 6 nitrogen and oxygen atoms in total. The molecule has 1 fully saturated rings. The number of fused-ring (bicyclic) bond motifs is 1. The normalized spacial score (nSPS) is 14.9. The predicted octanol–water partition coefficient (Wildman–Crippen LogP) is 4.44. The first-order valence-electron chi connectivity index (χ1n) is 11.1. The summed E-state index contributed by atoms with van der Waals surface area (Å²) in [6, 6.07) is 12.6. The van der Waals surface area contributed by atoms with Crippen molar-refractivity contribution in [2.24, 2.45) is 0 Å². The van der Waals surface area contributed by atoms with Gasteiger partial charge in [-0.05, 0) is 69.2 Å². The Morgan fingerprint density at radius 1 is 1.18 bits per heavy atom. The second kappa shape index (κ2) is 10.1. The Labute approximate surface area is 196 Å². The van der Waals surface area contributed by atoms with Crippen molar-refractivity contribution in [3.63, 3.8) is 0 Å². The number of halogens is 3. The van der Waals surface area contributed by atoms with Gasteiger partial charge in [0, 0.05) is 17.1 Å². The molecule has 0 atom stereocenters. The van der Waals surface area contributed by atoms with Crippen LogP contribution >= 0.6 is 0 Å². The molecule has 0 bridgehead atoms. The van der Waals surface area contributed by atoms with E-state index < -0.39 is 12.7 Å². The van der Waals surface area contributed by atoms with E-state index in [-0.39, 0.29) is 12.6 Å². The fourth-order valence-corrected chi connectivity index (χ4v) is 4.08. The van der Waals surface area contributed by atoms with Gasteiger partial charge in [-0.2, -0.15) is 18.4 Å². The molecule has 1 aliphatic rings. The Morgan fingerprint density at radius 2 is 1.97 bits per heavy atom. The van der Waals surface area contributed by atoms with Gasteiger partial charge in [0.05, 0.1) is 29.6 Å². The molecule has 0 spiro atoms. The number of nitrogens with one attached hydrogen (secondary N) is 2. The summed E-state index contributed by atoms with van der Waals surface area (Å²) >= 11 is 0. The molecule has 0 unspecified atom stereocenters. The molecule has 0 radical (unpaired) electrons. The smallest absolute Gasteiger partial charge is 0.382 e. The highest BCUT2D eigenvalue weighted by molar-refractivity contribution is 5.94. The van der Waals surface area contributed by atoms with Crippen LogP contribution in [0.4, 0.5) is 24.5 Å². The van der Waals surface area contributed by atoms with Crippen molar-refractivity contribution >= 4 is 22.3 Å². The molecule has 3 aromatic rings. The maximum Gasteiger partial charge on any atom is 0.406 e. The average Bonchev–Trinajstić information content (AvgIpc) is 3.15. The highest BCUT2D eigenvalue weighted by Gasteiger charge is 2.30. The average molecular weight is 467 g/mol. The molecule has 1 aliphatic heterocycles. The number of alkyl halides is 3. The third kappa shape index (κ3) is 5.81. The number of hydrogen-bond acceptors (Lipinski definition) is 5. The summed E-state index contributed by atoms with van der Waals surface area (Å²) in [5, 5.41) is 16.1. The number of hydrogen-bond donors (Lipinski definition) is 2. The number of aromatic nitrogens is 2. The van der Waals surface area contributed by atoms with E-state index >= 15 is 0 Å². The summed E-state index contributed by atoms with van der Waals surface area (Å²) in [6.45, 7) is 1.09. The van der Waals surface area contributed by atoms with Crippen LogP contribution in [0.2, 0.25) is 0 Å². The maximum absolute atomic E-state index is 13.4. The SMILES string of the molecule is CN1CCC(Nc2cccc3c2cc(C#CCNc2ccc(C#N)nc2)n3CC(F)(F)F)CC1. The van der Waals surface area contributed by atoms with E-state index in [1.807, 2.05) is 12.1 Å². The molecule has 34 heavy (non-hydrogen) atoms. The van der Waals surface area contributed by atoms with Gasteiger partial charge in [-0.15, -0.1) is 0 Å². The lowest BCUT2D eigenvalue weighted by molar-refractivity contribution is -0.140. The van der Waals surface area contributed by atoms with E-state index in [0.29, 0.717) is 22.6 Å². The highest BCUT2D eigenvalue weighted by Crippen LogP contribution is 2.31. The van der Waals surface area contributed by atoms with E-state index in [4.69, 9.17) is 5.26 Å². The topological polar surface area (TPSA) is 68.9 Å². The molecule has 1 saturated heterocycles. The van der Waals surface area contributed by atoms with Crippen LogP contribution in [0.1, 0.15) is 24.2 Å². The van der Waals surface area contributed by atoms with E-state index in [0.717, 1.165) is 37.0 Å². The van der Waals surface area contributed by atoms with Crippen molar-refractivity contribution in [1.29, 1.82) is 5.26 Å². The van der Waals surface area contributed by atoms with Crippen molar-refractivity contribution in [3.8, 4) is 17.9 Å². The molecule has 1 aromatic carbocycles. The molecule has 0 aliphatic carbocycles. The minimum absolute atomic E-state index is 0.224. The van der Waals surface area contributed by atoms with Gasteiger partial charge in [0.2, 0.25) is 0 Å². The fraction of sp³-hybridized carbons (Fsp3) is 0.360. The molecular formula is C25H25F3N6. The van der Waals surface area contributed by atoms with Crippen LogP contribution in [0.5, 0.6) is 0 Å². The summed E-state index contributed by atoms with van der Waals surface area (Å²) < 4.78 is 41.4. The lowest BCUT2D eigenvalue weighted by Crippen LogP contribution is -2.36. The van der Waals surface area contributed by atoms with Gasteiger partial charge in [-0.3, -0.25) is 0 Å². The minimum atomic E-state index is -4.37. The summed E-state index contributed by atoms with van der Waals surface area (Å²) in [5.74, 6) is 5.80. The molecule has 0 saturated carbocycles. The molecular weight excluding hydrogens is 441 g/mol. The van der Waals surface area contributed by atoms with E-state index in [2.05, 4.69) is 39.4 Å². The third-order valence-electron chi connectivity index (χ3n) is 5.84. The zero-order valence-corrected chi connectivity index (χ0v) is 18.8. The standard InChI is InChI=1S/C25H25F3N6/c1-33-12-9-18(10-13-33)32-23-5-2-6-24-22(23)14-21(34(24)17-25(26,27)28)4-3-11-30-20-8-7-19(15-29)31-16-20/h2,5-8,14,16,18,30,32H,9-13,17H2,1H3. The predicted molar refractivity (Wildman–Crippen MR) is 126 cm³/mol. The lowest BCUT2D eigenvalue weighted by Gasteiger charge is -2.30. The van der Waals surface area contributed by atoms with E-state index in [1.54, 1.807) is 30.3 Å². The van der Waals surface area contributed by atoms with E-state index in [9.17, 15) is 13.2 Å². The second-order valence-electron chi connectivity index (χ2n) is 8.39. The number of anilines is 2. The van der Waals surface area contributed by atoms with Gasteiger partial charge in [0.15, 0.2) is 0 Å². The Balaban J connectivity index is 1.58. The van der Waals surface area contributed by atoms with Crippen molar-refractivity contribution < 1.29 is 13.2 Å². The van der Waals surface area contributed by atoms with Gasteiger partial charge in [0.25, 0.3) is 0 Å². The summed E-state index contributed by atoms with van der Waals surface area (Å²) in [5.41, 5.74) is 2.62. The van der Waals surface area contributed by atoms with Gasteiger partial charge in [-0.1, -0.05) is 12.0 Å². The van der Waals surface area contributed by atoms with Crippen LogP contribution in [-0.4, -0.2) is 53.4 Å². The molecule has 4 rings (SSSR count). The van der Waals surface area contributed by atoms with Crippen molar-refractivity contribution in [2.45, 2.75) is 31.6 Å². The molecule has 2 aromatic heterocycles. The van der Waals surface area contributed by atoms with Crippen molar-refractivity contribution in [2.75, 3.05) is 37.3 Å². The number of rotatable bonds is 5. The van der Waals surface area contributed by atoms with Crippen molar-refractivity contribution in [1.82, 2.24) is 14.5 Å². The van der Waals surface area contributed by atoms with Crippen LogP contribution < -0.4 is 10.6 Å². The first kappa shape index (κ1) is 23.5. The molecule has 9 heteroatoms. The zero-order valence-electron chi connectivity index (χ0n) is 18.8. The van der Waals surface area contributed by atoms with Crippen LogP contribution in [0.25, 0.3) is 10.9 Å². The van der Waals surface area contributed by atoms with Crippen LogP contribution in [0.3, 0.4) is 0 Å². The van der Waals surface area contributed by atoms with Crippen LogP contribution in [0, 0.1) is 23.2 Å². The molecule has 0 amide bonds. The van der Waals surface area contributed by atoms with Gasteiger partial charge in [-0.25, -0.2) is 4.98 Å². The molecule has 2 N–H and O–H groups in total. The highest BCUT2D eigenvalue weighted by atomic mass is 19.4. The number of pyridine rings is 1.